The summed E-state index contributed by atoms with van der Waals surface area (Å²) in [6.45, 7) is 8.45. The van der Waals surface area contributed by atoms with Crippen LogP contribution < -0.4 is 4.74 Å². The Hall–Kier alpha value is -2.00. The molecule has 0 aliphatic heterocycles. The monoisotopic (exact) mass is 314 g/mol. The molecule has 0 saturated carbocycles. The van der Waals surface area contributed by atoms with Crippen molar-refractivity contribution in [3.8, 4) is 11.5 Å². The molecule has 0 saturated heterocycles. The van der Waals surface area contributed by atoms with Crippen LogP contribution in [-0.2, 0) is 5.41 Å². The van der Waals surface area contributed by atoms with Gasteiger partial charge >= 0.3 is 0 Å². The molecular weight excluding hydrogens is 288 g/mol. The number of phenolic OH excluding ortho intramolecular Hbond substituents is 1. The van der Waals surface area contributed by atoms with E-state index in [1.807, 2.05) is 44.2 Å². The van der Waals surface area contributed by atoms with Crippen LogP contribution in [-0.4, -0.2) is 22.9 Å². The minimum absolute atomic E-state index is 0.168. The van der Waals surface area contributed by atoms with Crippen molar-refractivity contribution in [1.82, 2.24) is 0 Å². The van der Waals surface area contributed by atoms with Gasteiger partial charge in [0.2, 0.25) is 0 Å². The molecule has 2 aromatic rings. The lowest BCUT2D eigenvalue weighted by molar-refractivity contribution is 0.0701. The molecule has 1 unspecified atom stereocenters. The summed E-state index contributed by atoms with van der Waals surface area (Å²) >= 11 is 0. The number of aliphatic hydroxyl groups excluding tert-OH is 1. The fourth-order valence-corrected chi connectivity index (χ4v) is 2.41. The van der Waals surface area contributed by atoms with Crippen molar-refractivity contribution in [3.05, 3.63) is 59.7 Å². The van der Waals surface area contributed by atoms with Gasteiger partial charge in [-0.3, -0.25) is 0 Å². The zero-order chi connectivity index (χ0) is 17.0. The van der Waals surface area contributed by atoms with Crippen molar-refractivity contribution < 1.29 is 14.9 Å². The first-order valence-corrected chi connectivity index (χ1v) is 8.01. The van der Waals surface area contributed by atoms with Crippen LogP contribution in [0.15, 0.2) is 48.5 Å². The maximum atomic E-state index is 9.87. The molecule has 2 N–H and O–H groups in total. The van der Waals surface area contributed by atoms with Crippen molar-refractivity contribution in [3.63, 3.8) is 0 Å². The molecule has 0 aliphatic rings. The fraction of sp³-hybridized carbons (Fsp3) is 0.400. The van der Waals surface area contributed by atoms with Gasteiger partial charge in [-0.1, -0.05) is 52.0 Å². The van der Waals surface area contributed by atoms with Gasteiger partial charge < -0.3 is 14.9 Å². The first-order valence-electron chi connectivity index (χ1n) is 8.01. The number of hydrogen-bond acceptors (Lipinski definition) is 3. The Labute approximate surface area is 138 Å². The van der Waals surface area contributed by atoms with Gasteiger partial charge in [-0.05, 0) is 41.3 Å². The molecule has 0 heterocycles. The molecule has 0 bridgehead atoms. The average Bonchev–Trinajstić information content (AvgIpc) is 2.52. The smallest absolute Gasteiger partial charge is 0.119 e. The van der Waals surface area contributed by atoms with Gasteiger partial charge in [0, 0.05) is 5.41 Å². The van der Waals surface area contributed by atoms with Crippen LogP contribution in [0.1, 0.15) is 38.8 Å². The standard InChI is InChI=1S/C20H26O3/c1-14(2)19(22)13-23-18-10-6-8-16(12-18)20(3,4)15-7-5-9-17(21)11-15/h5-12,14,19,21-22H,13H2,1-4H3. The number of phenols is 1. The zero-order valence-corrected chi connectivity index (χ0v) is 14.3. The predicted molar refractivity (Wildman–Crippen MR) is 93.0 cm³/mol. The molecule has 0 aliphatic carbocycles. The molecule has 2 aromatic carbocycles. The largest absolute Gasteiger partial charge is 0.508 e. The van der Waals surface area contributed by atoms with Crippen LogP contribution in [0.4, 0.5) is 0 Å². The highest BCUT2D eigenvalue weighted by atomic mass is 16.5. The molecular formula is C20H26O3. The second-order valence-electron chi connectivity index (χ2n) is 6.83. The van der Waals surface area contributed by atoms with E-state index in [4.69, 9.17) is 4.74 Å². The molecule has 0 fully saturated rings. The minimum Gasteiger partial charge on any atom is -0.508 e. The summed E-state index contributed by atoms with van der Waals surface area (Å²) in [4.78, 5) is 0. The third kappa shape index (κ3) is 4.26. The summed E-state index contributed by atoms with van der Waals surface area (Å²) in [6, 6.07) is 15.2. The van der Waals surface area contributed by atoms with Gasteiger partial charge in [0.25, 0.3) is 0 Å². The highest BCUT2D eigenvalue weighted by Gasteiger charge is 2.24. The lowest BCUT2D eigenvalue weighted by Gasteiger charge is -2.27. The first-order chi connectivity index (χ1) is 10.8. The SMILES string of the molecule is CC(C)C(O)COc1cccc(C(C)(C)c2cccc(O)c2)c1. The Morgan fingerprint density at radius 2 is 1.61 bits per heavy atom. The minimum atomic E-state index is -0.474. The topological polar surface area (TPSA) is 49.7 Å². The Morgan fingerprint density at radius 1 is 1.00 bits per heavy atom. The lowest BCUT2D eigenvalue weighted by atomic mass is 9.78. The molecule has 0 radical (unpaired) electrons. The van der Waals surface area contributed by atoms with E-state index in [1.54, 1.807) is 12.1 Å². The van der Waals surface area contributed by atoms with Crippen molar-refractivity contribution in [2.75, 3.05) is 6.61 Å². The van der Waals surface area contributed by atoms with Crippen LogP contribution in [0.5, 0.6) is 11.5 Å². The lowest BCUT2D eigenvalue weighted by Crippen LogP contribution is -2.23. The van der Waals surface area contributed by atoms with Crippen molar-refractivity contribution in [2.45, 2.75) is 39.2 Å². The fourth-order valence-electron chi connectivity index (χ4n) is 2.41. The Kier molecular flexibility index (Phi) is 5.32. The Bertz CT molecular complexity index is 647. The number of aromatic hydroxyl groups is 1. The summed E-state index contributed by atoms with van der Waals surface area (Å²) in [5.41, 5.74) is 1.88. The van der Waals surface area contributed by atoms with Gasteiger partial charge in [0.05, 0.1) is 6.10 Å². The van der Waals surface area contributed by atoms with E-state index in [0.717, 1.165) is 16.9 Å². The first kappa shape index (κ1) is 17.4. The molecule has 0 spiro atoms. The summed E-state index contributed by atoms with van der Waals surface area (Å²) in [6.07, 6.45) is -0.474. The molecule has 1 atom stereocenters. The van der Waals surface area contributed by atoms with E-state index in [1.165, 1.54) is 0 Å². The van der Waals surface area contributed by atoms with Gasteiger partial charge in [-0.2, -0.15) is 0 Å². The normalized spacial score (nSPS) is 13.1. The predicted octanol–water partition coefficient (Wildman–Crippen LogP) is 4.11. The molecule has 124 valence electrons. The van der Waals surface area contributed by atoms with E-state index in [9.17, 15) is 10.2 Å². The quantitative estimate of drug-likeness (QED) is 0.843. The second-order valence-corrected chi connectivity index (χ2v) is 6.83. The van der Waals surface area contributed by atoms with Crippen LogP contribution in [0, 0.1) is 5.92 Å². The number of ether oxygens (including phenoxy) is 1. The van der Waals surface area contributed by atoms with Crippen LogP contribution in [0.2, 0.25) is 0 Å². The van der Waals surface area contributed by atoms with Crippen molar-refractivity contribution in [1.29, 1.82) is 0 Å². The highest BCUT2D eigenvalue weighted by molar-refractivity contribution is 5.43. The van der Waals surface area contributed by atoms with Gasteiger partial charge in [-0.15, -0.1) is 0 Å². The molecule has 23 heavy (non-hydrogen) atoms. The van der Waals surface area contributed by atoms with Crippen LogP contribution in [0.25, 0.3) is 0 Å². The summed E-state index contributed by atoms with van der Waals surface area (Å²) in [7, 11) is 0. The maximum Gasteiger partial charge on any atom is 0.119 e. The number of rotatable bonds is 6. The van der Waals surface area contributed by atoms with E-state index >= 15 is 0 Å². The molecule has 3 heteroatoms. The average molecular weight is 314 g/mol. The van der Waals surface area contributed by atoms with Crippen LogP contribution in [0.3, 0.4) is 0 Å². The zero-order valence-electron chi connectivity index (χ0n) is 14.3. The van der Waals surface area contributed by atoms with Gasteiger partial charge in [0.1, 0.15) is 18.1 Å². The van der Waals surface area contributed by atoms with Crippen molar-refractivity contribution in [2.24, 2.45) is 5.92 Å². The summed E-state index contributed by atoms with van der Waals surface area (Å²) in [5.74, 6) is 1.18. The molecule has 2 rings (SSSR count). The van der Waals surface area contributed by atoms with Gasteiger partial charge in [-0.25, -0.2) is 0 Å². The van der Waals surface area contributed by atoms with E-state index in [2.05, 4.69) is 19.9 Å². The second kappa shape index (κ2) is 7.05. The third-order valence-corrected chi connectivity index (χ3v) is 4.31. The summed E-state index contributed by atoms with van der Waals surface area (Å²) in [5, 5.41) is 19.6. The number of aliphatic hydroxyl groups is 1. The molecule has 0 aromatic heterocycles. The third-order valence-electron chi connectivity index (χ3n) is 4.31. The summed E-state index contributed by atoms with van der Waals surface area (Å²) < 4.78 is 5.73. The molecule has 0 amide bonds. The van der Waals surface area contributed by atoms with E-state index in [0.29, 0.717) is 0 Å². The van der Waals surface area contributed by atoms with Crippen molar-refractivity contribution >= 4 is 0 Å². The maximum absolute atomic E-state index is 9.87. The Balaban J connectivity index is 2.21. The Morgan fingerprint density at radius 3 is 2.22 bits per heavy atom. The van der Waals surface area contributed by atoms with E-state index < -0.39 is 6.10 Å². The highest BCUT2D eigenvalue weighted by Crippen LogP contribution is 2.34. The van der Waals surface area contributed by atoms with Crippen LogP contribution >= 0.6 is 0 Å². The van der Waals surface area contributed by atoms with Gasteiger partial charge in [0.15, 0.2) is 0 Å². The number of benzene rings is 2. The molecule has 3 nitrogen and oxygen atoms in total. The van der Waals surface area contributed by atoms with E-state index in [-0.39, 0.29) is 23.7 Å². The number of hydrogen-bond donors (Lipinski definition) is 2.